The third kappa shape index (κ3) is 5.50. The lowest BCUT2D eigenvalue weighted by atomic mass is 10.1. The monoisotopic (exact) mass is 584 g/mol. The highest BCUT2D eigenvalue weighted by molar-refractivity contribution is 7.89. The van der Waals surface area contributed by atoms with Crippen LogP contribution in [0.15, 0.2) is 107 Å². The van der Waals surface area contributed by atoms with Crippen LogP contribution in [0.4, 0.5) is 5.69 Å². The third-order valence-electron chi connectivity index (χ3n) is 7.73. The number of sulfonamides is 1. The molecule has 10 heteroatoms. The van der Waals surface area contributed by atoms with E-state index in [4.69, 9.17) is 9.15 Å². The lowest BCUT2D eigenvalue weighted by Crippen LogP contribution is -2.45. The van der Waals surface area contributed by atoms with E-state index in [9.17, 15) is 13.5 Å². The highest BCUT2D eigenvalue weighted by atomic mass is 32.2. The number of anilines is 1. The summed E-state index contributed by atoms with van der Waals surface area (Å²) in [5.74, 6) is 1.46. The molecule has 0 saturated carbocycles. The number of hydrogen-bond acceptors (Lipinski definition) is 7. The van der Waals surface area contributed by atoms with E-state index in [1.54, 1.807) is 60.4 Å². The van der Waals surface area contributed by atoms with Crippen LogP contribution in [0, 0.1) is 0 Å². The van der Waals surface area contributed by atoms with Crippen molar-refractivity contribution in [2.24, 2.45) is 7.05 Å². The van der Waals surface area contributed by atoms with Gasteiger partial charge in [0.1, 0.15) is 17.3 Å². The minimum absolute atomic E-state index is 0.165. The summed E-state index contributed by atoms with van der Waals surface area (Å²) >= 11 is 0. The lowest BCUT2D eigenvalue weighted by molar-refractivity contribution is 0.317. The number of imidazole rings is 1. The second-order valence-corrected chi connectivity index (χ2v) is 12.3. The third-order valence-corrected chi connectivity index (χ3v) is 9.65. The number of phenols is 1. The van der Waals surface area contributed by atoms with Crippen LogP contribution >= 0.6 is 0 Å². The fraction of sp³-hybridized carbons (Fsp3) is 0.219. The molecule has 0 amide bonds. The van der Waals surface area contributed by atoms with Crippen LogP contribution in [0.2, 0.25) is 0 Å². The first-order chi connectivity index (χ1) is 20.3. The van der Waals surface area contributed by atoms with Crippen LogP contribution in [0.1, 0.15) is 16.8 Å². The number of ether oxygens (including phenoxy) is 1. The number of aromatic hydroxyl groups is 1. The molecule has 1 N–H and O–H groups in total. The zero-order valence-corrected chi connectivity index (χ0v) is 24.2. The predicted molar refractivity (Wildman–Crippen MR) is 160 cm³/mol. The summed E-state index contributed by atoms with van der Waals surface area (Å²) in [7, 11) is -0.424. The van der Waals surface area contributed by atoms with Crippen molar-refractivity contribution < 1.29 is 22.7 Å². The summed E-state index contributed by atoms with van der Waals surface area (Å²) in [5, 5.41) is 9.87. The van der Waals surface area contributed by atoms with Crippen LogP contribution in [-0.4, -0.2) is 47.1 Å². The van der Waals surface area contributed by atoms with Gasteiger partial charge in [0, 0.05) is 43.6 Å². The molecule has 0 saturated heterocycles. The van der Waals surface area contributed by atoms with E-state index in [0.29, 0.717) is 31.0 Å². The van der Waals surface area contributed by atoms with Gasteiger partial charge in [-0.2, -0.15) is 4.31 Å². The quantitative estimate of drug-likeness (QED) is 0.267. The zero-order valence-electron chi connectivity index (χ0n) is 23.4. The van der Waals surface area contributed by atoms with Gasteiger partial charge in [-0.3, -0.25) is 0 Å². The summed E-state index contributed by atoms with van der Waals surface area (Å²) in [4.78, 5) is 6.73. The minimum atomic E-state index is -3.93. The van der Waals surface area contributed by atoms with Crippen molar-refractivity contribution in [3.63, 3.8) is 0 Å². The average molecular weight is 585 g/mol. The van der Waals surface area contributed by atoms with Crippen molar-refractivity contribution in [3.05, 3.63) is 114 Å². The summed E-state index contributed by atoms with van der Waals surface area (Å²) in [6.07, 6.45) is 5.69. The first-order valence-corrected chi connectivity index (χ1v) is 15.1. The van der Waals surface area contributed by atoms with E-state index < -0.39 is 16.1 Å². The first kappa shape index (κ1) is 27.6. The highest BCUT2D eigenvalue weighted by Gasteiger charge is 2.37. The molecule has 6 rings (SSSR count). The van der Waals surface area contributed by atoms with E-state index >= 15 is 0 Å². The summed E-state index contributed by atoms with van der Waals surface area (Å²) in [6, 6.07) is 22.8. The Balaban J connectivity index is 1.48. The minimum Gasteiger partial charge on any atom is -0.508 e. The fourth-order valence-corrected chi connectivity index (χ4v) is 7.07. The first-order valence-electron chi connectivity index (χ1n) is 13.6. The molecule has 3 heterocycles. The van der Waals surface area contributed by atoms with Gasteiger partial charge in [0.05, 0.1) is 36.8 Å². The fourth-order valence-electron chi connectivity index (χ4n) is 5.47. The van der Waals surface area contributed by atoms with E-state index in [1.807, 2.05) is 60.3 Å². The molecule has 216 valence electrons. The van der Waals surface area contributed by atoms with Gasteiger partial charge in [-0.05, 0) is 84.3 Å². The summed E-state index contributed by atoms with van der Waals surface area (Å²) in [5.41, 5.74) is 4.63. The van der Waals surface area contributed by atoms with Gasteiger partial charge in [-0.15, -0.1) is 0 Å². The lowest BCUT2D eigenvalue weighted by Gasteiger charge is -2.32. The number of hydrogen-bond donors (Lipinski definition) is 1. The van der Waals surface area contributed by atoms with Gasteiger partial charge >= 0.3 is 0 Å². The second-order valence-electron chi connectivity index (χ2n) is 10.4. The molecule has 0 fully saturated rings. The van der Waals surface area contributed by atoms with Crippen LogP contribution in [0.25, 0.3) is 11.3 Å². The number of fused-ring (bicyclic) bond motifs is 1. The molecular formula is C32H32N4O5S. The molecule has 9 nitrogen and oxygen atoms in total. The van der Waals surface area contributed by atoms with Gasteiger partial charge in [-0.1, -0.05) is 12.1 Å². The molecule has 1 atom stereocenters. The number of aromatic nitrogens is 2. The Morgan fingerprint density at radius 1 is 1.05 bits per heavy atom. The van der Waals surface area contributed by atoms with Crippen molar-refractivity contribution in [1.82, 2.24) is 13.9 Å². The van der Waals surface area contributed by atoms with Crippen LogP contribution in [0.3, 0.4) is 0 Å². The maximum absolute atomic E-state index is 14.4. The van der Waals surface area contributed by atoms with Gasteiger partial charge in [0.25, 0.3) is 0 Å². The van der Waals surface area contributed by atoms with Gasteiger partial charge in [-0.25, -0.2) is 13.4 Å². The maximum atomic E-state index is 14.4. The SMILES string of the molecule is COc1ccc(S(=O)(=O)N2Cc3cc(-c4ccco4)ccc3N(Cc3cncn3C)C[C@H]2Cc2ccc(O)cc2)cc1. The average Bonchev–Trinajstić information content (AvgIpc) is 3.65. The Morgan fingerprint density at radius 3 is 2.50 bits per heavy atom. The van der Waals surface area contributed by atoms with Gasteiger partial charge < -0.3 is 23.7 Å². The number of nitrogens with zero attached hydrogens (tertiary/aromatic N) is 4. The van der Waals surface area contributed by atoms with E-state index in [1.165, 1.54) is 0 Å². The van der Waals surface area contributed by atoms with Crippen molar-refractivity contribution >= 4 is 15.7 Å². The molecule has 0 bridgehead atoms. The number of furan rings is 1. The molecule has 0 spiro atoms. The molecule has 1 aliphatic rings. The number of aryl methyl sites for hydroxylation is 1. The van der Waals surface area contributed by atoms with Crippen molar-refractivity contribution in [2.45, 2.75) is 30.4 Å². The molecule has 0 unspecified atom stereocenters. The van der Waals surface area contributed by atoms with Crippen molar-refractivity contribution in [2.75, 3.05) is 18.6 Å². The second kappa shape index (κ2) is 11.4. The predicted octanol–water partition coefficient (Wildman–Crippen LogP) is 5.22. The molecule has 3 aromatic carbocycles. The topological polar surface area (TPSA) is 101 Å². The zero-order chi connectivity index (χ0) is 29.3. The molecule has 5 aromatic rings. The Morgan fingerprint density at radius 2 is 1.83 bits per heavy atom. The van der Waals surface area contributed by atoms with Gasteiger partial charge in [0.2, 0.25) is 10.0 Å². The van der Waals surface area contributed by atoms with Gasteiger partial charge in [0.15, 0.2) is 0 Å². The van der Waals surface area contributed by atoms with Crippen molar-refractivity contribution in [1.29, 1.82) is 0 Å². The van der Waals surface area contributed by atoms with E-state index in [2.05, 4.69) is 9.88 Å². The number of rotatable bonds is 8. The molecule has 0 aliphatic carbocycles. The van der Waals surface area contributed by atoms with Crippen LogP contribution in [0.5, 0.6) is 11.5 Å². The number of phenolic OH excluding ortho intramolecular Hbond substituents is 1. The largest absolute Gasteiger partial charge is 0.508 e. The number of methoxy groups -OCH3 is 1. The molecular weight excluding hydrogens is 552 g/mol. The Bertz CT molecular complexity index is 1760. The summed E-state index contributed by atoms with van der Waals surface area (Å²) in [6.45, 7) is 1.16. The molecule has 0 radical (unpaired) electrons. The summed E-state index contributed by atoms with van der Waals surface area (Å²) < 4.78 is 43.3. The smallest absolute Gasteiger partial charge is 0.243 e. The standard InChI is InChI=1S/C32H32N4O5S/c1-34-22-33-18-27(34)21-35-20-26(16-23-5-8-28(37)9-6-23)36(42(38,39)30-12-10-29(40-2)11-13-30)19-25-17-24(7-14-31(25)35)32-4-3-15-41-32/h3-15,17-18,22,26,37H,16,19-21H2,1-2H3/t26-/m1/s1. The molecule has 42 heavy (non-hydrogen) atoms. The molecule has 1 aliphatic heterocycles. The Labute approximate surface area is 245 Å². The van der Waals surface area contributed by atoms with Crippen molar-refractivity contribution in [3.8, 4) is 22.8 Å². The Hall–Kier alpha value is -4.54. The number of benzene rings is 3. The highest BCUT2D eigenvalue weighted by Crippen LogP contribution is 2.36. The Kier molecular flexibility index (Phi) is 7.49. The maximum Gasteiger partial charge on any atom is 0.243 e. The van der Waals surface area contributed by atoms with E-state index in [0.717, 1.165) is 28.1 Å². The normalized spacial score (nSPS) is 15.8. The van der Waals surface area contributed by atoms with E-state index in [-0.39, 0.29) is 17.2 Å². The van der Waals surface area contributed by atoms with Crippen LogP contribution < -0.4 is 9.64 Å². The molecule has 2 aromatic heterocycles. The van der Waals surface area contributed by atoms with Crippen LogP contribution in [-0.2, 0) is 36.6 Å².